The summed E-state index contributed by atoms with van der Waals surface area (Å²) in [7, 11) is 1.93. The summed E-state index contributed by atoms with van der Waals surface area (Å²) in [4.78, 5) is 13.9. The van der Waals surface area contributed by atoms with Gasteiger partial charge < -0.3 is 4.90 Å². The Kier molecular flexibility index (Phi) is 7.58. The molecule has 0 aliphatic heterocycles. The van der Waals surface area contributed by atoms with E-state index in [-0.39, 0.29) is 0 Å². The van der Waals surface area contributed by atoms with Crippen molar-refractivity contribution < 1.29 is 4.79 Å². The molecule has 0 unspecified atom stereocenters. The van der Waals surface area contributed by atoms with E-state index >= 15 is 0 Å². The summed E-state index contributed by atoms with van der Waals surface area (Å²) in [6, 6.07) is 0.340. The number of hydrogen-bond acceptors (Lipinski definition) is 1. The Bertz CT molecular complexity index is 240. The molecule has 0 saturated heterocycles. The normalized spacial score (nSPS) is 13.8. The van der Waals surface area contributed by atoms with Gasteiger partial charge in [-0.25, -0.2) is 0 Å². The van der Waals surface area contributed by atoms with Gasteiger partial charge in [0, 0.05) is 19.5 Å². The molecule has 108 valence electrons. The third kappa shape index (κ3) is 7.73. The van der Waals surface area contributed by atoms with E-state index in [2.05, 4.69) is 41.5 Å². The van der Waals surface area contributed by atoms with Crippen LogP contribution in [-0.4, -0.2) is 23.9 Å². The molecule has 2 nitrogen and oxygen atoms in total. The van der Waals surface area contributed by atoms with Gasteiger partial charge in [-0.15, -0.1) is 0 Å². The molecule has 1 atom stereocenters. The van der Waals surface area contributed by atoms with E-state index in [1.165, 1.54) is 19.3 Å². The van der Waals surface area contributed by atoms with Crippen molar-refractivity contribution in [2.24, 2.45) is 11.3 Å². The van der Waals surface area contributed by atoms with Crippen molar-refractivity contribution in [1.29, 1.82) is 0 Å². The summed E-state index contributed by atoms with van der Waals surface area (Å²) in [5.74, 6) is 0.826. The van der Waals surface area contributed by atoms with Gasteiger partial charge in [0.05, 0.1) is 0 Å². The molecule has 2 heteroatoms. The van der Waals surface area contributed by atoms with Crippen molar-refractivity contribution in [3.05, 3.63) is 0 Å². The monoisotopic (exact) mass is 255 g/mol. The number of unbranched alkanes of at least 4 members (excludes halogenated alkanes) is 2. The highest BCUT2D eigenvalue weighted by atomic mass is 16.2. The van der Waals surface area contributed by atoms with Crippen molar-refractivity contribution in [2.45, 2.75) is 79.7 Å². The van der Waals surface area contributed by atoms with Gasteiger partial charge in [-0.1, -0.05) is 47.5 Å². The molecule has 0 aromatic heterocycles. The molecule has 0 aliphatic carbocycles. The molecule has 0 saturated carbocycles. The van der Waals surface area contributed by atoms with E-state index in [1.807, 2.05) is 11.9 Å². The standard InChI is InChI=1S/C16H33NO/c1-13(2)14(3)17(7)15(18)11-9-8-10-12-16(4,5)6/h13-14H,8-12H2,1-7H3/t14-/m0/s1. The second kappa shape index (κ2) is 7.81. The summed E-state index contributed by atoms with van der Waals surface area (Å²) < 4.78 is 0. The fourth-order valence-corrected chi connectivity index (χ4v) is 1.96. The molecule has 0 aromatic rings. The topological polar surface area (TPSA) is 20.3 Å². The second-order valence-corrected chi connectivity index (χ2v) is 7.11. The van der Waals surface area contributed by atoms with Gasteiger partial charge in [0.2, 0.25) is 5.91 Å². The summed E-state index contributed by atoms with van der Waals surface area (Å²) in [6.45, 7) is 13.3. The predicted molar refractivity (Wildman–Crippen MR) is 79.6 cm³/mol. The summed E-state index contributed by atoms with van der Waals surface area (Å²) in [6.07, 6.45) is 5.40. The minimum absolute atomic E-state index is 0.298. The van der Waals surface area contributed by atoms with Crippen molar-refractivity contribution in [2.75, 3.05) is 7.05 Å². The number of nitrogens with zero attached hydrogens (tertiary/aromatic N) is 1. The van der Waals surface area contributed by atoms with Crippen LogP contribution >= 0.6 is 0 Å². The molecule has 0 N–H and O–H groups in total. The molecular formula is C16H33NO. The molecule has 18 heavy (non-hydrogen) atoms. The van der Waals surface area contributed by atoms with Gasteiger partial charge in [0.1, 0.15) is 0 Å². The number of amides is 1. The average molecular weight is 255 g/mol. The summed E-state index contributed by atoms with van der Waals surface area (Å²) in [5, 5.41) is 0. The highest BCUT2D eigenvalue weighted by molar-refractivity contribution is 5.76. The number of rotatable bonds is 7. The highest BCUT2D eigenvalue weighted by Gasteiger charge is 2.17. The molecule has 0 heterocycles. The van der Waals surface area contributed by atoms with Gasteiger partial charge in [-0.3, -0.25) is 4.79 Å². The van der Waals surface area contributed by atoms with Crippen LogP contribution < -0.4 is 0 Å². The first kappa shape index (κ1) is 17.5. The molecule has 1 amide bonds. The van der Waals surface area contributed by atoms with Crippen LogP contribution in [0.1, 0.15) is 73.6 Å². The maximum Gasteiger partial charge on any atom is 0.222 e. The van der Waals surface area contributed by atoms with Crippen LogP contribution in [0, 0.1) is 11.3 Å². The number of hydrogen-bond donors (Lipinski definition) is 0. The van der Waals surface area contributed by atoms with Crippen LogP contribution in [0.2, 0.25) is 0 Å². The lowest BCUT2D eigenvalue weighted by molar-refractivity contribution is -0.132. The molecule has 0 aromatic carbocycles. The summed E-state index contributed by atoms with van der Waals surface area (Å²) in [5.41, 5.74) is 0.424. The van der Waals surface area contributed by atoms with Crippen molar-refractivity contribution in [1.82, 2.24) is 4.90 Å². The fourth-order valence-electron chi connectivity index (χ4n) is 1.96. The maximum atomic E-state index is 12.0. The number of carbonyl (C=O) groups is 1. The lowest BCUT2D eigenvalue weighted by atomic mass is 9.89. The van der Waals surface area contributed by atoms with Crippen LogP contribution in [0.3, 0.4) is 0 Å². The minimum Gasteiger partial charge on any atom is -0.343 e. The first-order chi connectivity index (χ1) is 8.15. The third-order valence-electron chi connectivity index (χ3n) is 3.79. The van der Waals surface area contributed by atoms with Crippen molar-refractivity contribution in [3.8, 4) is 0 Å². The van der Waals surface area contributed by atoms with E-state index in [9.17, 15) is 4.79 Å². The molecule has 0 spiro atoms. The third-order valence-corrected chi connectivity index (χ3v) is 3.79. The van der Waals surface area contributed by atoms with E-state index in [4.69, 9.17) is 0 Å². The Labute approximate surface area is 114 Å². The summed E-state index contributed by atoms with van der Waals surface area (Å²) >= 11 is 0. The smallest absolute Gasteiger partial charge is 0.222 e. The van der Waals surface area contributed by atoms with Crippen LogP contribution in [0.15, 0.2) is 0 Å². The Morgan fingerprint density at radius 2 is 1.61 bits per heavy atom. The highest BCUT2D eigenvalue weighted by Crippen LogP contribution is 2.22. The van der Waals surface area contributed by atoms with Crippen LogP contribution in [0.5, 0.6) is 0 Å². The van der Waals surface area contributed by atoms with E-state index in [0.29, 0.717) is 29.7 Å². The van der Waals surface area contributed by atoms with Crippen molar-refractivity contribution >= 4 is 5.91 Å². The average Bonchev–Trinajstić information content (AvgIpc) is 2.24. The zero-order chi connectivity index (χ0) is 14.3. The SMILES string of the molecule is CC(C)[C@H](C)N(C)C(=O)CCCCCC(C)(C)C. The molecule has 0 fully saturated rings. The molecule has 0 rings (SSSR count). The van der Waals surface area contributed by atoms with Gasteiger partial charge in [-0.05, 0) is 31.1 Å². The minimum atomic E-state index is 0.298. The van der Waals surface area contributed by atoms with E-state index in [1.54, 1.807) is 0 Å². The zero-order valence-corrected chi connectivity index (χ0v) is 13.5. The Morgan fingerprint density at radius 1 is 1.06 bits per heavy atom. The largest absolute Gasteiger partial charge is 0.343 e. The lowest BCUT2D eigenvalue weighted by Crippen LogP contribution is -2.38. The molecular weight excluding hydrogens is 222 g/mol. The van der Waals surface area contributed by atoms with Crippen LogP contribution in [0.25, 0.3) is 0 Å². The molecule has 0 bridgehead atoms. The molecule has 0 aliphatic rings. The van der Waals surface area contributed by atoms with E-state index in [0.717, 1.165) is 6.42 Å². The fraction of sp³-hybridized carbons (Fsp3) is 0.938. The Morgan fingerprint density at radius 3 is 2.06 bits per heavy atom. The van der Waals surface area contributed by atoms with Crippen LogP contribution in [-0.2, 0) is 4.79 Å². The first-order valence-electron chi connectivity index (χ1n) is 7.41. The van der Waals surface area contributed by atoms with Gasteiger partial charge in [-0.2, -0.15) is 0 Å². The van der Waals surface area contributed by atoms with E-state index < -0.39 is 0 Å². The quantitative estimate of drug-likeness (QED) is 0.614. The van der Waals surface area contributed by atoms with Gasteiger partial charge in [0.15, 0.2) is 0 Å². The van der Waals surface area contributed by atoms with Gasteiger partial charge in [0.25, 0.3) is 0 Å². The first-order valence-corrected chi connectivity index (χ1v) is 7.41. The lowest BCUT2D eigenvalue weighted by Gasteiger charge is -2.28. The number of carbonyl (C=O) groups excluding carboxylic acids is 1. The zero-order valence-electron chi connectivity index (χ0n) is 13.5. The maximum absolute atomic E-state index is 12.0. The van der Waals surface area contributed by atoms with Gasteiger partial charge >= 0.3 is 0 Å². The van der Waals surface area contributed by atoms with Crippen molar-refractivity contribution in [3.63, 3.8) is 0 Å². The predicted octanol–water partition coefficient (Wildman–Crippen LogP) is 4.49. The Balaban J connectivity index is 3.77. The second-order valence-electron chi connectivity index (χ2n) is 7.11. The molecule has 0 radical (unpaired) electrons. The Hall–Kier alpha value is -0.530. The van der Waals surface area contributed by atoms with Crippen LogP contribution in [0.4, 0.5) is 0 Å².